The maximum Gasteiger partial charge on any atom is 0.159 e. The Morgan fingerprint density at radius 2 is 2.00 bits per heavy atom. The Morgan fingerprint density at radius 1 is 1.08 bits per heavy atom. The van der Waals surface area contributed by atoms with E-state index in [0.717, 1.165) is 63.5 Å². The van der Waals surface area contributed by atoms with Crippen LogP contribution in [0, 0.1) is 0 Å². The summed E-state index contributed by atoms with van der Waals surface area (Å²) in [5, 5.41) is 13.3. The molecule has 2 aromatic heterocycles. The van der Waals surface area contributed by atoms with E-state index in [2.05, 4.69) is 74.7 Å². The minimum absolute atomic E-state index is 0.340. The molecule has 2 aromatic carbocycles. The average molecular weight is 481 g/mol. The Morgan fingerprint density at radius 3 is 2.81 bits per heavy atom. The maximum absolute atomic E-state index is 5.75. The molecular formula is C29H32N6O. The standard InChI is InChI=1S/C29H32N6O/c1-33-17-24(15-31-33)21-7-8-27-22(13-21)14-23(20-5-3-2-4-6-20)18-34(27)29-26-16-30-11-9-28(26)35(32-29)25-10-12-36-19-25/h2-8,13,15,17,23,25,30H,9-12,14,16,18-19H2,1H3. The van der Waals surface area contributed by atoms with Gasteiger partial charge in [0.25, 0.3) is 0 Å². The molecule has 5 heterocycles. The Labute approximate surface area is 211 Å². The lowest BCUT2D eigenvalue weighted by Gasteiger charge is -2.36. The first kappa shape index (κ1) is 21.8. The lowest BCUT2D eigenvalue weighted by Crippen LogP contribution is -2.32. The third-order valence-electron chi connectivity index (χ3n) is 7.99. The SMILES string of the molecule is Cn1cc(-c2ccc3c(c2)CC(c2ccccc2)CN3c2nn(C3CCOC3)c3c2CNCC3)cn1. The smallest absolute Gasteiger partial charge is 0.159 e. The molecule has 0 amide bonds. The lowest BCUT2D eigenvalue weighted by atomic mass is 9.86. The Kier molecular flexibility index (Phi) is 5.40. The van der Waals surface area contributed by atoms with Crippen molar-refractivity contribution >= 4 is 11.5 Å². The van der Waals surface area contributed by atoms with Crippen molar-refractivity contribution in [3.63, 3.8) is 0 Å². The van der Waals surface area contributed by atoms with Crippen molar-refractivity contribution in [2.75, 3.05) is 31.2 Å². The fourth-order valence-electron chi connectivity index (χ4n) is 6.15. The summed E-state index contributed by atoms with van der Waals surface area (Å²) in [4.78, 5) is 2.49. The van der Waals surface area contributed by atoms with E-state index in [0.29, 0.717) is 12.0 Å². The fourth-order valence-corrected chi connectivity index (χ4v) is 6.15. The highest BCUT2D eigenvalue weighted by molar-refractivity contribution is 5.74. The van der Waals surface area contributed by atoms with Gasteiger partial charge in [0.05, 0.1) is 18.8 Å². The van der Waals surface area contributed by atoms with Gasteiger partial charge in [0.1, 0.15) is 0 Å². The second-order valence-electron chi connectivity index (χ2n) is 10.3. The predicted octanol–water partition coefficient (Wildman–Crippen LogP) is 4.37. The Bertz CT molecular complexity index is 1380. The maximum atomic E-state index is 5.75. The molecule has 0 radical (unpaired) electrons. The molecule has 1 saturated heterocycles. The number of hydrogen-bond donors (Lipinski definition) is 1. The molecule has 2 unspecified atom stereocenters. The number of rotatable bonds is 4. The second-order valence-corrected chi connectivity index (χ2v) is 10.3. The quantitative estimate of drug-likeness (QED) is 0.470. The van der Waals surface area contributed by atoms with E-state index in [-0.39, 0.29) is 0 Å². The van der Waals surface area contributed by atoms with Crippen LogP contribution in [0.4, 0.5) is 11.5 Å². The predicted molar refractivity (Wildman–Crippen MR) is 141 cm³/mol. The monoisotopic (exact) mass is 480 g/mol. The lowest BCUT2D eigenvalue weighted by molar-refractivity contribution is 0.184. The molecule has 7 nitrogen and oxygen atoms in total. The normalized spacial score (nSPS) is 21.4. The van der Waals surface area contributed by atoms with E-state index >= 15 is 0 Å². The largest absolute Gasteiger partial charge is 0.379 e. The zero-order valence-electron chi connectivity index (χ0n) is 20.7. The molecule has 0 aliphatic carbocycles. The number of nitrogens with zero attached hydrogens (tertiary/aromatic N) is 5. The molecular weight excluding hydrogens is 448 g/mol. The summed E-state index contributed by atoms with van der Waals surface area (Å²) in [6, 6.07) is 18.2. The van der Waals surface area contributed by atoms with Gasteiger partial charge < -0.3 is 15.0 Å². The van der Waals surface area contributed by atoms with E-state index in [1.807, 2.05) is 17.9 Å². The highest BCUT2D eigenvalue weighted by Gasteiger charge is 2.34. The van der Waals surface area contributed by atoms with Gasteiger partial charge in [0.2, 0.25) is 0 Å². The first-order valence-corrected chi connectivity index (χ1v) is 13.1. The van der Waals surface area contributed by atoms with Crippen LogP contribution in [0.5, 0.6) is 0 Å². The van der Waals surface area contributed by atoms with Crippen LogP contribution in [0.1, 0.15) is 40.8 Å². The van der Waals surface area contributed by atoms with Crippen molar-refractivity contribution in [3.8, 4) is 11.1 Å². The molecule has 3 aliphatic heterocycles. The van der Waals surface area contributed by atoms with Gasteiger partial charge in [-0.05, 0) is 41.7 Å². The minimum atomic E-state index is 0.340. The summed E-state index contributed by atoms with van der Waals surface area (Å²) >= 11 is 0. The van der Waals surface area contributed by atoms with Crippen LogP contribution in [0.2, 0.25) is 0 Å². The van der Waals surface area contributed by atoms with Crippen molar-refractivity contribution in [3.05, 3.63) is 83.3 Å². The molecule has 2 atom stereocenters. The van der Waals surface area contributed by atoms with Gasteiger partial charge >= 0.3 is 0 Å². The molecule has 0 saturated carbocycles. The van der Waals surface area contributed by atoms with Gasteiger partial charge in [0, 0.05) is 74.3 Å². The molecule has 1 N–H and O–H groups in total. The third-order valence-corrected chi connectivity index (χ3v) is 7.99. The van der Waals surface area contributed by atoms with Gasteiger partial charge in [0.15, 0.2) is 5.82 Å². The number of aryl methyl sites for hydroxylation is 1. The zero-order valence-corrected chi connectivity index (χ0v) is 20.7. The molecule has 7 heteroatoms. The van der Waals surface area contributed by atoms with Crippen molar-refractivity contribution in [1.29, 1.82) is 0 Å². The molecule has 4 aromatic rings. The first-order valence-electron chi connectivity index (χ1n) is 13.1. The highest BCUT2D eigenvalue weighted by atomic mass is 16.5. The Hall–Kier alpha value is -3.42. The van der Waals surface area contributed by atoms with Crippen LogP contribution >= 0.6 is 0 Å². The molecule has 0 bridgehead atoms. The number of fused-ring (bicyclic) bond motifs is 2. The van der Waals surface area contributed by atoms with Gasteiger partial charge in [-0.25, -0.2) is 0 Å². The second kappa shape index (κ2) is 8.91. The fraction of sp³-hybridized carbons (Fsp3) is 0.379. The van der Waals surface area contributed by atoms with Crippen LogP contribution in [0.15, 0.2) is 60.9 Å². The minimum Gasteiger partial charge on any atom is -0.379 e. The number of ether oxygens (including phenoxy) is 1. The summed E-state index contributed by atoms with van der Waals surface area (Å²) in [6.07, 6.45) is 7.11. The number of hydrogen-bond acceptors (Lipinski definition) is 5. The number of anilines is 2. The van der Waals surface area contributed by atoms with Crippen molar-refractivity contribution in [2.24, 2.45) is 7.05 Å². The van der Waals surface area contributed by atoms with Crippen LogP contribution in [0.3, 0.4) is 0 Å². The van der Waals surface area contributed by atoms with Gasteiger partial charge in [-0.2, -0.15) is 10.2 Å². The molecule has 3 aliphatic rings. The van der Waals surface area contributed by atoms with Crippen molar-refractivity contribution < 1.29 is 4.74 Å². The third kappa shape index (κ3) is 3.74. The van der Waals surface area contributed by atoms with Gasteiger partial charge in [-0.15, -0.1) is 0 Å². The van der Waals surface area contributed by atoms with Crippen LogP contribution in [0.25, 0.3) is 11.1 Å². The van der Waals surface area contributed by atoms with E-state index in [1.165, 1.54) is 33.6 Å². The van der Waals surface area contributed by atoms with Crippen molar-refractivity contribution in [2.45, 2.75) is 37.8 Å². The van der Waals surface area contributed by atoms with Crippen molar-refractivity contribution in [1.82, 2.24) is 24.9 Å². The zero-order chi connectivity index (χ0) is 24.1. The summed E-state index contributed by atoms with van der Waals surface area (Å²) in [7, 11) is 1.97. The topological polar surface area (TPSA) is 60.1 Å². The summed E-state index contributed by atoms with van der Waals surface area (Å²) in [5.41, 5.74) is 9.13. The molecule has 0 spiro atoms. The molecule has 36 heavy (non-hydrogen) atoms. The van der Waals surface area contributed by atoms with Crippen LogP contribution < -0.4 is 10.2 Å². The van der Waals surface area contributed by atoms with Gasteiger partial charge in [-0.1, -0.05) is 36.4 Å². The number of aromatic nitrogens is 4. The van der Waals surface area contributed by atoms with Crippen LogP contribution in [-0.2, 0) is 31.2 Å². The highest BCUT2D eigenvalue weighted by Crippen LogP contribution is 2.43. The summed E-state index contributed by atoms with van der Waals surface area (Å²) < 4.78 is 9.92. The number of benzene rings is 2. The molecule has 184 valence electrons. The molecule has 1 fully saturated rings. The summed E-state index contributed by atoms with van der Waals surface area (Å²) in [5.74, 6) is 1.51. The van der Waals surface area contributed by atoms with E-state index in [4.69, 9.17) is 9.84 Å². The van der Waals surface area contributed by atoms with Crippen LogP contribution in [-0.4, -0.2) is 45.9 Å². The van der Waals surface area contributed by atoms with E-state index in [9.17, 15) is 0 Å². The van der Waals surface area contributed by atoms with E-state index in [1.54, 1.807) is 0 Å². The number of nitrogens with one attached hydrogen (secondary N) is 1. The van der Waals surface area contributed by atoms with Gasteiger partial charge in [-0.3, -0.25) is 9.36 Å². The average Bonchev–Trinajstić information content (AvgIpc) is 3.68. The first-order chi connectivity index (χ1) is 17.7. The van der Waals surface area contributed by atoms with E-state index < -0.39 is 0 Å². The Balaban J connectivity index is 1.35. The molecule has 7 rings (SSSR count). The summed E-state index contributed by atoms with van der Waals surface area (Å²) in [6.45, 7) is 4.39.